The van der Waals surface area contributed by atoms with Gasteiger partial charge >= 0.3 is 0 Å². The van der Waals surface area contributed by atoms with E-state index in [0.717, 1.165) is 25.9 Å². The first-order valence-corrected chi connectivity index (χ1v) is 6.72. The van der Waals surface area contributed by atoms with Crippen LogP contribution in [0.4, 0.5) is 0 Å². The number of methoxy groups -OCH3 is 1. The minimum absolute atomic E-state index is 0.0523. The van der Waals surface area contributed by atoms with E-state index >= 15 is 0 Å². The highest BCUT2D eigenvalue weighted by Crippen LogP contribution is 2.31. The van der Waals surface area contributed by atoms with Crippen LogP contribution in [0.1, 0.15) is 30.1 Å². The number of hydrogen-bond donors (Lipinski definition) is 1. The van der Waals surface area contributed by atoms with Gasteiger partial charge in [0.15, 0.2) is 0 Å². The number of nitrogens with zero attached hydrogens (tertiary/aromatic N) is 1. The predicted molar refractivity (Wildman–Crippen MR) is 75.3 cm³/mol. The molecule has 1 heterocycles. The van der Waals surface area contributed by atoms with Gasteiger partial charge in [-0.15, -0.1) is 0 Å². The number of rotatable bonds is 3. The quantitative estimate of drug-likeness (QED) is 0.905. The summed E-state index contributed by atoms with van der Waals surface area (Å²) in [4.78, 5) is 14.4. The summed E-state index contributed by atoms with van der Waals surface area (Å²) in [7, 11) is 1.59. The molecule has 0 saturated carbocycles. The van der Waals surface area contributed by atoms with Crippen molar-refractivity contribution in [3.05, 3.63) is 29.8 Å². The van der Waals surface area contributed by atoms with Crippen molar-refractivity contribution < 1.29 is 9.53 Å². The summed E-state index contributed by atoms with van der Waals surface area (Å²) in [5.74, 6) is 0.691. The van der Waals surface area contributed by atoms with Crippen LogP contribution in [0.15, 0.2) is 24.3 Å². The Morgan fingerprint density at radius 1 is 1.37 bits per heavy atom. The minimum atomic E-state index is 0.0523. The maximum Gasteiger partial charge on any atom is 0.257 e. The van der Waals surface area contributed by atoms with Gasteiger partial charge in [-0.1, -0.05) is 19.1 Å². The van der Waals surface area contributed by atoms with E-state index in [1.54, 1.807) is 7.11 Å². The Morgan fingerprint density at radius 3 is 2.58 bits per heavy atom. The van der Waals surface area contributed by atoms with E-state index < -0.39 is 0 Å². The Kier molecular flexibility index (Phi) is 4.10. The predicted octanol–water partition coefficient (Wildman–Crippen LogP) is 1.90. The first kappa shape index (κ1) is 13.9. The van der Waals surface area contributed by atoms with E-state index in [9.17, 15) is 4.79 Å². The van der Waals surface area contributed by atoms with Crippen molar-refractivity contribution in [2.45, 2.75) is 19.8 Å². The van der Waals surface area contributed by atoms with Crippen LogP contribution in [-0.4, -0.2) is 37.6 Å². The van der Waals surface area contributed by atoms with Gasteiger partial charge in [0.2, 0.25) is 0 Å². The van der Waals surface area contributed by atoms with Crippen LogP contribution in [0.2, 0.25) is 0 Å². The molecule has 0 aromatic heterocycles. The number of nitrogens with two attached hydrogens (primary N) is 1. The fourth-order valence-corrected chi connectivity index (χ4v) is 2.45. The zero-order valence-electron chi connectivity index (χ0n) is 11.7. The van der Waals surface area contributed by atoms with Gasteiger partial charge in [0.05, 0.1) is 12.7 Å². The number of carbonyl (C=O) groups is 1. The first-order chi connectivity index (χ1) is 9.09. The second-order valence-corrected chi connectivity index (χ2v) is 5.51. The van der Waals surface area contributed by atoms with Crippen molar-refractivity contribution in [2.24, 2.45) is 11.1 Å². The lowest BCUT2D eigenvalue weighted by atomic mass is 9.80. The van der Waals surface area contributed by atoms with Gasteiger partial charge in [0.25, 0.3) is 5.91 Å². The number of benzene rings is 1. The SMILES string of the molecule is COc1ccccc1C(=O)N1CCC(C)(CN)CC1. The van der Waals surface area contributed by atoms with Gasteiger partial charge in [-0.2, -0.15) is 0 Å². The first-order valence-electron chi connectivity index (χ1n) is 6.72. The van der Waals surface area contributed by atoms with Crippen molar-refractivity contribution in [1.29, 1.82) is 0 Å². The summed E-state index contributed by atoms with van der Waals surface area (Å²) < 4.78 is 5.25. The van der Waals surface area contributed by atoms with E-state index in [-0.39, 0.29) is 11.3 Å². The maximum absolute atomic E-state index is 12.5. The molecular weight excluding hydrogens is 240 g/mol. The van der Waals surface area contributed by atoms with Crippen LogP contribution in [0.25, 0.3) is 0 Å². The Morgan fingerprint density at radius 2 is 2.00 bits per heavy atom. The molecule has 0 radical (unpaired) electrons. The average molecular weight is 262 g/mol. The van der Waals surface area contributed by atoms with Crippen molar-refractivity contribution in [3.63, 3.8) is 0 Å². The van der Waals surface area contributed by atoms with E-state index in [1.807, 2.05) is 29.2 Å². The second-order valence-electron chi connectivity index (χ2n) is 5.51. The highest BCUT2D eigenvalue weighted by atomic mass is 16.5. The van der Waals surface area contributed by atoms with E-state index in [1.165, 1.54) is 0 Å². The third kappa shape index (κ3) is 2.89. The number of piperidine rings is 1. The molecule has 4 nitrogen and oxygen atoms in total. The molecule has 0 atom stereocenters. The van der Waals surface area contributed by atoms with E-state index in [4.69, 9.17) is 10.5 Å². The molecule has 104 valence electrons. The lowest BCUT2D eigenvalue weighted by Gasteiger charge is -2.38. The molecule has 1 aromatic carbocycles. The molecule has 0 spiro atoms. The average Bonchev–Trinajstić information content (AvgIpc) is 2.47. The number of carbonyl (C=O) groups excluding carboxylic acids is 1. The summed E-state index contributed by atoms with van der Waals surface area (Å²) in [6, 6.07) is 7.38. The molecule has 1 fully saturated rings. The monoisotopic (exact) mass is 262 g/mol. The molecule has 19 heavy (non-hydrogen) atoms. The molecule has 1 aromatic rings. The molecule has 0 unspecified atom stereocenters. The maximum atomic E-state index is 12.5. The van der Waals surface area contributed by atoms with Crippen LogP contribution in [0.5, 0.6) is 5.75 Å². The minimum Gasteiger partial charge on any atom is -0.496 e. The third-order valence-corrected chi connectivity index (χ3v) is 4.09. The van der Waals surface area contributed by atoms with Crippen LogP contribution in [0.3, 0.4) is 0 Å². The van der Waals surface area contributed by atoms with Crippen molar-refractivity contribution in [3.8, 4) is 5.75 Å². The third-order valence-electron chi connectivity index (χ3n) is 4.09. The number of hydrogen-bond acceptors (Lipinski definition) is 3. The molecule has 2 rings (SSSR count). The molecule has 1 aliphatic rings. The molecule has 0 aliphatic carbocycles. The Bertz CT molecular complexity index is 451. The van der Waals surface area contributed by atoms with Crippen LogP contribution in [-0.2, 0) is 0 Å². The van der Waals surface area contributed by atoms with Gasteiger partial charge in [0.1, 0.15) is 5.75 Å². The van der Waals surface area contributed by atoms with Gasteiger partial charge in [0, 0.05) is 13.1 Å². The Hall–Kier alpha value is -1.55. The van der Waals surface area contributed by atoms with Gasteiger partial charge in [-0.25, -0.2) is 0 Å². The Balaban J connectivity index is 2.09. The second kappa shape index (κ2) is 5.61. The van der Waals surface area contributed by atoms with E-state index in [2.05, 4.69) is 6.92 Å². The van der Waals surface area contributed by atoms with Gasteiger partial charge in [-0.3, -0.25) is 4.79 Å². The molecule has 0 bridgehead atoms. The van der Waals surface area contributed by atoms with E-state index in [0.29, 0.717) is 17.9 Å². The molecular formula is C15H22N2O2. The number of likely N-dealkylation sites (tertiary alicyclic amines) is 1. The fraction of sp³-hybridized carbons (Fsp3) is 0.533. The van der Waals surface area contributed by atoms with Crippen molar-refractivity contribution in [1.82, 2.24) is 4.90 Å². The molecule has 2 N–H and O–H groups in total. The highest BCUT2D eigenvalue weighted by Gasteiger charge is 2.31. The summed E-state index contributed by atoms with van der Waals surface area (Å²) in [5, 5.41) is 0. The van der Waals surface area contributed by atoms with Gasteiger partial charge in [-0.05, 0) is 36.9 Å². The van der Waals surface area contributed by atoms with Gasteiger partial charge < -0.3 is 15.4 Å². The zero-order chi connectivity index (χ0) is 13.9. The van der Waals surface area contributed by atoms with Crippen molar-refractivity contribution >= 4 is 5.91 Å². The molecule has 1 amide bonds. The largest absolute Gasteiger partial charge is 0.496 e. The molecule has 1 aliphatic heterocycles. The lowest BCUT2D eigenvalue weighted by Crippen LogP contribution is -2.44. The number of amides is 1. The molecule has 4 heteroatoms. The van der Waals surface area contributed by atoms with Crippen LogP contribution < -0.4 is 10.5 Å². The van der Waals surface area contributed by atoms with Crippen LogP contribution in [0, 0.1) is 5.41 Å². The van der Waals surface area contributed by atoms with Crippen molar-refractivity contribution in [2.75, 3.05) is 26.7 Å². The fourth-order valence-electron chi connectivity index (χ4n) is 2.45. The smallest absolute Gasteiger partial charge is 0.257 e. The highest BCUT2D eigenvalue weighted by molar-refractivity contribution is 5.97. The number of para-hydroxylation sites is 1. The lowest BCUT2D eigenvalue weighted by molar-refractivity contribution is 0.0614. The summed E-state index contributed by atoms with van der Waals surface area (Å²) >= 11 is 0. The summed E-state index contributed by atoms with van der Waals surface area (Å²) in [6.07, 6.45) is 1.93. The van der Waals surface area contributed by atoms with Crippen LogP contribution >= 0.6 is 0 Å². The molecule has 1 saturated heterocycles. The zero-order valence-corrected chi connectivity index (χ0v) is 11.7. The number of ether oxygens (including phenoxy) is 1. The summed E-state index contributed by atoms with van der Waals surface area (Å²) in [6.45, 7) is 4.41. The summed E-state index contributed by atoms with van der Waals surface area (Å²) in [5.41, 5.74) is 6.61. The standard InChI is InChI=1S/C15H22N2O2/c1-15(11-16)7-9-17(10-8-15)14(18)12-5-3-4-6-13(12)19-2/h3-6H,7-11,16H2,1-2H3. The normalized spacial score (nSPS) is 18.2. The Labute approximate surface area is 114 Å². The topological polar surface area (TPSA) is 55.6 Å².